The third-order valence-electron chi connectivity index (χ3n) is 5.97. The van der Waals surface area contributed by atoms with Crippen LogP contribution in [0.3, 0.4) is 0 Å². The summed E-state index contributed by atoms with van der Waals surface area (Å²) in [6, 6.07) is 5.88. The minimum Gasteiger partial charge on any atom is -0.485 e. The van der Waals surface area contributed by atoms with Crippen molar-refractivity contribution in [3.63, 3.8) is 0 Å². The first-order valence-corrected chi connectivity index (χ1v) is 8.95. The second kappa shape index (κ2) is 5.98. The Hall–Kier alpha value is -2.08. The minimum atomic E-state index is -0.953. The maximum atomic E-state index is 11.4. The topological polar surface area (TPSA) is 81.8 Å². The molecule has 6 heteroatoms. The predicted molar refractivity (Wildman–Crippen MR) is 97.8 cm³/mol. The van der Waals surface area contributed by atoms with Crippen LogP contribution in [0.15, 0.2) is 29.8 Å². The van der Waals surface area contributed by atoms with E-state index < -0.39 is 21.7 Å². The standard InChI is InChI=1S/C20H27NO5/c1-13-8-9-20(22)16(10-13)15-7-6-14(11-17(15)26-19(20,4)5)18(2,3)12-25-21(23)24/h6-8,11,16,22H,9-10,12H2,1-5H3/t16-,20-/m1/s1. The molecule has 0 bridgehead atoms. The zero-order valence-corrected chi connectivity index (χ0v) is 16.0. The molecule has 1 aliphatic heterocycles. The molecule has 142 valence electrons. The fourth-order valence-corrected chi connectivity index (χ4v) is 4.07. The van der Waals surface area contributed by atoms with Crippen molar-refractivity contribution in [3.05, 3.63) is 51.1 Å². The van der Waals surface area contributed by atoms with Gasteiger partial charge in [-0.05, 0) is 45.2 Å². The molecular formula is C20H27NO5. The Morgan fingerprint density at radius 2 is 2.12 bits per heavy atom. The molecule has 0 fully saturated rings. The molecule has 3 rings (SSSR count). The molecule has 1 aromatic carbocycles. The molecule has 0 saturated carbocycles. The van der Waals surface area contributed by atoms with E-state index in [1.54, 1.807) is 0 Å². The largest absolute Gasteiger partial charge is 0.485 e. The molecule has 6 nitrogen and oxygen atoms in total. The van der Waals surface area contributed by atoms with Crippen LogP contribution in [0.5, 0.6) is 5.75 Å². The normalized spacial score (nSPS) is 26.8. The highest BCUT2D eigenvalue weighted by Gasteiger charge is 2.56. The molecule has 1 N–H and O–H groups in total. The monoisotopic (exact) mass is 361 g/mol. The summed E-state index contributed by atoms with van der Waals surface area (Å²) in [5.74, 6) is 0.712. The van der Waals surface area contributed by atoms with Gasteiger partial charge in [0.25, 0.3) is 5.09 Å². The highest BCUT2D eigenvalue weighted by Crippen LogP contribution is 2.54. The number of hydrogen-bond donors (Lipinski definition) is 1. The van der Waals surface area contributed by atoms with Gasteiger partial charge in [-0.25, -0.2) is 0 Å². The minimum absolute atomic E-state index is 0.0292. The Morgan fingerprint density at radius 1 is 1.42 bits per heavy atom. The zero-order valence-electron chi connectivity index (χ0n) is 16.0. The second-order valence-corrected chi connectivity index (χ2v) is 8.68. The summed E-state index contributed by atoms with van der Waals surface area (Å²) in [5, 5.41) is 21.2. The Morgan fingerprint density at radius 3 is 2.77 bits per heavy atom. The number of ether oxygens (including phenoxy) is 1. The van der Waals surface area contributed by atoms with Gasteiger partial charge in [-0.15, -0.1) is 10.1 Å². The molecule has 0 unspecified atom stereocenters. The average molecular weight is 361 g/mol. The Kier molecular flexibility index (Phi) is 4.30. The zero-order chi connectivity index (χ0) is 19.3. The van der Waals surface area contributed by atoms with Crippen LogP contribution in [0.2, 0.25) is 0 Å². The van der Waals surface area contributed by atoms with Crippen LogP contribution in [-0.2, 0) is 10.3 Å². The van der Waals surface area contributed by atoms with Crippen LogP contribution >= 0.6 is 0 Å². The van der Waals surface area contributed by atoms with Crippen LogP contribution in [-0.4, -0.2) is 28.0 Å². The van der Waals surface area contributed by atoms with E-state index >= 15 is 0 Å². The number of hydrogen-bond acceptors (Lipinski definition) is 5. The summed E-state index contributed by atoms with van der Waals surface area (Å²) in [6.45, 7) is 9.70. The average Bonchev–Trinajstić information content (AvgIpc) is 2.54. The molecule has 2 aliphatic rings. The number of aliphatic hydroxyl groups is 1. The fraction of sp³-hybridized carbons (Fsp3) is 0.600. The van der Waals surface area contributed by atoms with Crippen molar-refractivity contribution < 1.29 is 19.8 Å². The molecule has 2 atom stereocenters. The molecule has 1 aliphatic carbocycles. The van der Waals surface area contributed by atoms with E-state index in [0.29, 0.717) is 6.42 Å². The van der Waals surface area contributed by atoms with Crippen LogP contribution in [0, 0.1) is 10.1 Å². The van der Waals surface area contributed by atoms with Gasteiger partial charge in [-0.3, -0.25) is 0 Å². The first kappa shape index (κ1) is 18.7. The number of nitrogens with zero attached hydrogens (tertiary/aromatic N) is 1. The maximum Gasteiger partial charge on any atom is 0.294 e. The van der Waals surface area contributed by atoms with Gasteiger partial charge in [0.15, 0.2) is 0 Å². The second-order valence-electron chi connectivity index (χ2n) is 8.68. The van der Waals surface area contributed by atoms with Gasteiger partial charge in [0.05, 0.1) is 0 Å². The highest BCUT2D eigenvalue weighted by molar-refractivity contribution is 5.48. The predicted octanol–water partition coefficient (Wildman–Crippen LogP) is 3.90. The lowest BCUT2D eigenvalue weighted by Gasteiger charge is -2.53. The van der Waals surface area contributed by atoms with Crippen molar-refractivity contribution >= 4 is 0 Å². The van der Waals surface area contributed by atoms with Crippen molar-refractivity contribution in [1.82, 2.24) is 0 Å². The molecule has 0 amide bonds. The van der Waals surface area contributed by atoms with Gasteiger partial charge in [0, 0.05) is 16.9 Å². The van der Waals surface area contributed by atoms with Crippen molar-refractivity contribution in [2.24, 2.45) is 0 Å². The van der Waals surface area contributed by atoms with E-state index in [0.717, 1.165) is 23.3 Å². The third-order valence-corrected chi connectivity index (χ3v) is 5.97. The van der Waals surface area contributed by atoms with Crippen LogP contribution in [0.25, 0.3) is 0 Å². The first-order chi connectivity index (χ1) is 12.0. The Labute approximate surface area is 153 Å². The van der Waals surface area contributed by atoms with E-state index in [1.807, 2.05) is 45.9 Å². The summed E-state index contributed by atoms with van der Waals surface area (Å²) in [5.41, 5.74) is 0.947. The first-order valence-electron chi connectivity index (χ1n) is 8.95. The Balaban J connectivity index is 2.01. The maximum absolute atomic E-state index is 11.4. The fourth-order valence-electron chi connectivity index (χ4n) is 4.07. The van der Waals surface area contributed by atoms with Crippen molar-refractivity contribution in [2.75, 3.05) is 6.61 Å². The van der Waals surface area contributed by atoms with Crippen LogP contribution < -0.4 is 4.74 Å². The molecule has 0 spiro atoms. The quantitative estimate of drug-likeness (QED) is 0.500. The molecule has 0 saturated heterocycles. The number of allylic oxidation sites excluding steroid dienone is 1. The lowest BCUT2D eigenvalue weighted by Crippen LogP contribution is -2.60. The molecule has 0 radical (unpaired) electrons. The number of rotatable bonds is 4. The van der Waals surface area contributed by atoms with Gasteiger partial charge in [0.1, 0.15) is 23.6 Å². The smallest absolute Gasteiger partial charge is 0.294 e. The lowest BCUT2D eigenvalue weighted by atomic mass is 9.63. The number of benzene rings is 1. The molecule has 26 heavy (non-hydrogen) atoms. The summed E-state index contributed by atoms with van der Waals surface area (Å²) in [7, 11) is 0. The van der Waals surface area contributed by atoms with Crippen molar-refractivity contribution in [1.29, 1.82) is 0 Å². The van der Waals surface area contributed by atoms with E-state index in [4.69, 9.17) is 4.74 Å². The van der Waals surface area contributed by atoms with E-state index in [-0.39, 0.29) is 12.5 Å². The SMILES string of the molecule is CC1=CC[C@@]2(O)[C@H](C1)c1ccc(C(C)(C)CO[N+](=O)[O-])cc1OC2(C)C. The van der Waals surface area contributed by atoms with Crippen LogP contribution in [0.4, 0.5) is 0 Å². The summed E-state index contributed by atoms with van der Waals surface area (Å²) in [6.07, 6.45) is 3.46. The van der Waals surface area contributed by atoms with E-state index in [1.165, 1.54) is 5.57 Å². The van der Waals surface area contributed by atoms with Gasteiger partial charge in [0.2, 0.25) is 0 Å². The van der Waals surface area contributed by atoms with E-state index in [2.05, 4.69) is 17.8 Å². The van der Waals surface area contributed by atoms with Crippen molar-refractivity contribution in [2.45, 2.75) is 70.0 Å². The lowest BCUT2D eigenvalue weighted by molar-refractivity contribution is -0.759. The molecule has 1 heterocycles. The number of fused-ring (bicyclic) bond motifs is 3. The molecular weight excluding hydrogens is 334 g/mol. The van der Waals surface area contributed by atoms with Gasteiger partial charge in [-0.2, -0.15) is 0 Å². The van der Waals surface area contributed by atoms with Gasteiger partial charge >= 0.3 is 0 Å². The molecule has 1 aromatic rings. The summed E-state index contributed by atoms with van der Waals surface area (Å²) in [4.78, 5) is 15.1. The summed E-state index contributed by atoms with van der Waals surface area (Å²) < 4.78 is 6.23. The van der Waals surface area contributed by atoms with E-state index in [9.17, 15) is 15.2 Å². The molecule has 0 aromatic heterocycles. The van der Waals surface area contributed by atoms with Gasteiger partial charge in [-0.1, -0.05) is 37.6 Å². The third kappa shape index (κ3) is 2.96. The summed E-state index contributed by atoms with van der Waals surface area (Å²) >= 11 is 0. The Bertz CT molecular complexity index is 767. The van der Waals surface area contributed by atoms with Crippen LogP contribution in [0.1, 0.15) is 64.5 Å². The highest BCUT2D eigenvalue weighted by atomic mass is 16.9. The van der Waals surface area contributed by atoms with Gasteiger partial charge < -0.3 is 14.7 Å². The van der Waals surface area contributed by atoms with Crippen molar-refractivity contribution in [3.8, 4) is 5.75 Å².